The van der Waals surface area contributed by atoms with Crippen LogP contribution in [0.5, 0.6) is 0 Å². The van der Waals surface area contributed by atoms with Crippen LogP contribution in [-0.2, 0) is 9.53 Å². The molecule has 1 aliphatic rings. The van der Waals surface area contributed by atoms with Crippen molar-refractivity contribution in [1.29, 1.82) is 0 Å². The van der Waals surface area contributed by atoms with Crippen molar-refractivity contribution in [2.24, 2.45) is 0 Å². The van der Waals surface area contributed by atoms with E-state index in [0.29, 0.717) is 0 Å². The molecule has 0 amide bonds. The summed E-state index contributed by atoms with van der Waals surface area (Å²) in [5.74, 6) is -3.92. The number of ether oxygens (including phenoxy) is 1. The highest BCUT2D eigenvalue weighted by molar-refractivity contribution is 5.73. The maximum atomic E-state index is 10.4. The zero-order valence-corrected chi connectivity index (χ0v) is 6.49. The summed E-state index contributed by atoms with van der Waals surface area (Å²) in [4.78, 5) is 10.4. The number of aliphatic carboxylic acids is 1. The Bertz CT molecular complexity index is 217. The minimum Gasteiger partial charge on any atom is -0.479 e. The summed E-state index contributed by atoms with van der Waals surface area (Å²) < 4.78 is 4.39. The number of hydrogen-bond donors (Lipinski definition) is 5. The number of carboxylic acid groups (broad SMARTS) is 1. The van der Waals surface area contributed by atoms with E-state index in [4.69, 9.17) is 20.4 Å². The molecule has 76 valence electrons. The standard InChI is InChI=1S/C6H10O7/c7-1-6(12)4(9)2(8)3(13-6)5(10)11/h2-4,7-9,12H,1H2,(H,10,11)/t2-,3+,4+,6-/m1/s1. The van der Waals surface area contributed by atoms with Crippen molar-refractivity contribution in [3.05, 3.63) is 0 Å². The van der Waals surface area contributed by atoms with Gasteiger partial charge in [0.25, 0.3) is 0 Å². The molecule has 1 rings (SSSR count). The van der Waals surface area contributed by atoms with E-state index in [9.17, 15) is 9.90 Å². The second-order valence-electron chi connectivity index (χ2n) is 2.82. The predicted molar refractivity (Wildman–Crippen MR) is 36.6 cm³/mol. The smallest absolute Gasteiger partial charge is 0.335 e. The van der Waals surface area contributed by atoms with Crippen molar-refractivity contribution in [2.45, 2.75) is 24.1 Å². The predicted octanol–water partition coefficient (Wildman–Crippen LogP) is -3.13. The molecule has 0 saturated carbocycles. The van der Waals surface area contributed by atoms with Gasteiger partial charge in [0.05, 0.1) is 6.61 Å². The van der Waals surface area contributed by atoms with E-state index in [1.807, 2.05) is 0 Å². The van der Waals surface area contributed by atoms with Crippen LogP contribution in [0.2, 0.25) is 0 Å². The van der Waals surface area contributed by atoms with Gasteiger partial charge < -0.3 is 30.3 Å². The molecule has 5 N–H and O–H groups in total. The maximum Gasteiger partial charge on any atom is 0.335 e. The monoisotopic (exact) mass is 194 g/mol. The van der Waals surface area contributed by atoms with E-state index in [-0.39, 0.29) is 0 Å². The Labute approximate surface area is 72.8 Å². The summed E-state index contributed by atoms with van der Waals surface area (Å²) in [5.41, 5.74) is 0. The Balaban J connectivity index is 2.84. The second-order valence-corrected chi connectivity index (χ2v) is 2.82. The minimum atomic E-state index is -2.40. The van der Waals surface area contributed by atoms with Crippen LogP contribution in [0.3, 0.4) is 0 Å². The first-order valence-corrected chi connectivity index (χ1v) is 3.52. The normalized spacial score (nSPS) is 45.1. The van der Waals surface area contributed by atoms with Crippen LogP contribution < -0.4 is 0 Å². The SMILES string of the molecule is O=C(O)[C@H]1O[C@](O)(CO)[C@@H](O)[C@@H]1O. The van der Waals surface area contributed by atoms with Gasteiger partial charge in [-0.1, -0.05) is 0 Å². The van der Waals surface area contributed by atoms with Crippen LogP contribution >= 0.6 is 0 Å². The van der Waals surface area contributed by atoms with Gasteiger partial charge in [-0.3, -0.25) is 0 Å². The van der Waals surface area contributed by atoms with Crippen molar-refractivity contribution in [3.8, 4) is 0 Å². The van der Waals surface area contributed by atoms with Gasteiger partial charge in [-0.05, 0) is 0 Å². The fourth-order valence-corrected chi connectivity index (χ4v) is 1.12. The van der Waals surface area contributed by atoms with Crippen LogP contribution in [0.4, 0.5) is 0 Å². The Morgan fingerprint density at radius 3 is 2.23 bits per heavy atom. The van der Waals surface area contributed by atoms with Crippen molar-refractivity contribution in [2.75, 3.05) is 6.61 Å². The molecule has 7 nitrogen and oxygen atoms in total. The molecule has 0 unspecified atom stereocenters. The average molecular weight is 194 g/mol. The Morgan fingerprint density at radius 1 is 1.46 bits per heavy atom. The van der Waals surface area contributed by atoms with Crippen LogP contribution in [0.15, 0.2) is 0 Å². The molecule has 1 saturated heterocycles. The van der Waals surface area contributed by atoms with Crippen LogP contribution in [0.1, 0.15) is 0 Å². The lowest BCUT2D eigenvalue weighted by Gasteiger charge is -2.22. The maximum absolute atomic E-state index is 10.4. The molecule has 0 spiro atoms. The van der Waals surface area contributed by atoms with Gasteiger partial charge in [-0.2, -0.15) is 0 Å². The summed E-state index contributed by atoms with van der Waals surface area (Å²) in [6, 6.07) is 0. The lowest BCUT2D eigenvalue weighted by molar-refractivity contribution is -0.246. The first kappa shape index (κ1) is 10.4. The van der Waals surface area contributed by atoms with Crippen LogP contribution in [0.25, 0.3) is 0 Å². The molecule has 1 fully saturated rings. The molecule has 4 atom stereocenters. The van der Waals surface area contributed by atoms with E-state index in [2.05, 4.69) is 4.74 Å². The number of carboxylic acids is 1. The molecule has 1 aliphatic heterocycles. The molecule has 0 aromatic heterocycles. The molecule has 7 heteroatoms. The molecule has 0 radical (unpaired) electrons. The van der Waals surface area contributed by atoms with Crippen molar-refractivity contribution < 1.29 is 35.1 Å². The van der Waals surface area contributed by atoms with Gasteiger partial charge in [0.2, 0.25) is 5.79 Å². The zero-order chi connectivity index (χ0) is 10.2. The number of hydrogen-bond acceptors (Lipinski definition) is 6. The van der Waals surface area contributed by atoms with Crippen LogP contribution in [-0.4, -0.2) is 62.2 Å². The largest absolute Gasteiger partial charge is 0.479 e. The van der Waals surface area contributed by atoms with E-state index >= 15 is 0 Å². The number of aliphatic hydroxyl groups excluding tert-OH is 3. The first-order chi connectivity index (χ1) is 5.92. The van der Waals surface area contributed by atoms with Crippen molar-refractivity contribution in [1.82, 2.24) is 0 Å². The molecule has 0 aromatic carbocycles. The first-order valence-electron chi connectivity index (χ1n) is 3.52. The third kappa shape index (κ3) is 1.52. The minimum absolute atomic E-state index is 0.991. The zero-order valence-electron chi connectivity index (χ0n) is 6.49. The number of aliphatic hydroxyl groups is 4. The summed E-state index contributed by atoms with van der Waals surface area (Å²) in [5, 5.41) is 44.4. The summed E-state index contributed by atoms with van der Waals surface area (Å²) >= 11 is 0. The van der Waals surface area contributed by atoms with E-state index < -0.39 is 36.7 Å². The topological polar surface area (TPSA) is 127 Å². The third-order valence-corrected chi connectivity index (χ3v) is 1.90. The molecule has 0 aromatic rings. The highest BCUT2D eigenvalue weighted by Gasteiger charge is 2.55. The number of carbonyl (C=O) groups is 1. The van der Waals surface area contributed by atoms with Crippen LogP contribution in [0, 0.1) is 0 Å². The molecular formula is C6H10O7. The van der Waals surface area contributed by atoms with Gasteiger partial charge in [0, 0.05) is 0 Å². The molecule has 1 heterocycles. The van der Waals surface area contributed by atoms with E-state index in [0.717, 1.165) is 0 Å². The number of rotatable bonds is 2. The van der Waals surface area contributed by atoms with Gasteiger partial charge in [0.15, 0.2) is 6.10 Å². The van der Waals surface area contributed by atoms with E-state index in [1.54, 1.807) is 0 Å². The average Bonchev–Trinajstić information content (AvgIpc) is 2.31. The van der Waals surface area contributed by atoms with Gasteiger partial charge in [0.1, 0.15) is 12.2 Å². The Morgan fingerprint density at radius 2 is 2.00 bits per heavy atom. The highest BCUT2D eigenvalue weighted by atomic mass is 16.7. The molecule has 0 aliphatic carbocycles. The molecule has 13 heavy (non-hydrogen) atoms. The van der Waals surface area contributed by atoms with Gasteiger partial charge in [-0.15, -0.1) is 0 Å². The Kier molecular flexibility index (Phi) is 2.55. The lowest BCUT2D eigenvalue weighted by Crippen LogP contribution is -2.46. The second kappa shape index (κ2) is 3.20. The fraction of sp³-hybridized carbons (Fsp3) is 0.833. The highest BCUT2D eigenvalue weighted by Crippen LogP contribution is 2.28. The van der Waals surface area contributed by atoms with Gasteiger partial charge in [-0.25, -0.2) is 4.79 Å². The van der Waals surface area contributed by atoms with E-state index in [1.165, 1.54) is 0 Å². The molecular weight excluding hydrogens is 184 g/mol. The lowest BCUT2D eigenvalue weighted by atomic mass is 10.1. The fourth-order valence-electron chi connectivity index (χ4n) is 1.12. The summed E-state index contributed by atoms with van der Waals surface area (Å²) in [6.45, 7) is -0.991. The third-order valence-electron chi connectivity index (χ3n) is 1.90. The van der Waals surface area contributed by atoms with Gasteiger partial charge >= 0.3 is 5.97 Å². The Hall–Kier alpha value is -0.730. The summed E-state index contributed by atoms with van der Waals surface area (Å²) in [6.07, 6.45) is -5.32. The van der Waals surface area contributed by atoms with Crippen molar-refractivity contribution >= 4 is 5.97 Å². The quantitative estimate of drug-likeness (QED) is 0.314. The van der Waals surface area contributed by atoms with Crippen molar-refractivity contribution in [3.63, 3.8) is 0 Å². The molecule has 0 bridgehead atoms. The summed E-state index contributed by atoms with van der Waals surface area (Å²) in [7, 11) is 0.